The first-order chi connectivity index (χ1) is 13.3. The molecule has 1 amide bonds. The molecule has 2 N–H and O–H groups in total. The fourth-order valence-corrected chi connectivity index (χ4v) is 4.10. The van der Waals surface area contributed by atoms with Gasteiger partial charge in [-0.25, -0.2) is 9.50 Å². The molecule has 0 spiro atoms. The van der Waals surface area contributed by atoms with Crippen LogP contribution in [-0.4, -0.2) is 61.7 Å². The minimum atomic E-state index is -0.785. The molecule has 8 heteroatoms. The molecule has 28 heavy (non-hydrogen) atoms. The topological polar surface area (TPSA) is 99.8 Å². The molecule has 0 bridgehead atoms. The summed E-state index contributed by atoms with van der Waals surface area (Å²) in [5, 5.41) is 16.7. The molecule has 0 unspecified atom stereocenters. The Morgan fingerprint density at radius 1 is 1.29 bits per heavy atom. The molecule has 4 rings (SSSR count). The van der Waals surface area contributed by atoms with E-state index in [4.69, 9.17) is 0 Å². The number of amides is 1. The SMILES string of the molecule is Cc1cc(C)n2nc(C)c(C(=O)NC3CC(N(CC(=O)O)CC4CC4)C3)c2n1. The average molecular weight is 385 g/mol. The maximum Gasteiger partial charge on any atom is 0.317 e. The van der Waals surface area contributed by atoms with Gasteiger partial charge in [0.1, 0.15) is 5.56 Å². The number of carbonyl (C=O) groups is 2. The number of carbonyl (C=O) groups excluding carboxylic acids is 1. The number of hydrogen-bond acceptors (Lipinski definition) is 5. The zero-order valence-corrected chi connectivity index (χ0v) is 16.6. The van der Waals surface area contributed by atoms with Crippen molar-refractivity contribution >= 4 is 17.5 Å². The standard InChI is InChI=1S/C20H27N5O3/c1-11-6-12(2)25-19(21-11)18(13(3)23-25)20(28)22-15-7-16(8-15)24(10-17(26)27)9-14-4-5-14/h6,14-16H,4-5,7-10H2,1-3H3,(H,22,28)(H,26,27). The third-order valence-electron chi connectivity index (χ3n) is 5.79. The van der Waals surface area contributed by atoms with E-state index >= 15 is 0 Å². The molecule has 150 valence electrons. The van der Waals surface area contributed by atoms with Crippen LogP contribution in [0, 0.1) is 26.7 Å². The summed E-state index contributed by atoms with van der Waals surface area (Å²) in [6, 6.07) is 2.23. The Morgan fingerprint density at radius 3 is 2.64 bits per heavy atom. The Kier molecular flexibility index (Phi) is 4.82. The Bertz CT molecular complexity index is 928. The quantitative estimate of drug-likeness (QED) is 0.753. The van der Waals surface area contributed by atoms with E-state index in [1.165, 1.54) is 12.8 Å². The van der Waals surface area contributed by atoms with Crippen LogP contribution in [0.25, 0.3) is 5.65 Å². The summed E-state index contributed by atoms with van der Waals surface area (Å²) in [6.45, 7) is 6.62. The molecule has 8 nitrogen and oxygen atoms in total. The Balaban J connectivity index is 1.42. The minimum absolute atomic E-state index is 0.0632. The van der Waals surface area contributed by atoms with Crippen molar-refractivity contribution in [3.05, 3.63) is 28.7 Å². The number of fused-ring (bicyclic) bond motifs is 1. The van der Waals surface area contributed by atoms with Crippen LogP contribution in [-0.2, 0) is 4.79 Å². The first-order valence-electron chi connectivity index (χ1n) is 9.92. The lowest BCUT2D eigenvalue weighted by atomic mass is 9.85. The van der Waals surface area contributed by atoms with Crippen molar-refractivity contribution in [2.45, 2.75) is 58.5 Å². The molecule has 0 radical (unpaired) electrons. The maximum atomic E-state index is 12.9. The highest BCUT2D eigenvalue weighted by atomic mass is 16.4. The van der Waals surface area contributed by atoms with E-state index in [0.29, 0.717) is 22.8 Å². The van der Waals surface area contributed by atoms with Gasteiger partial charge in [0.2, 0.25) is 0 Å². The maximum absolute atomic E-state index is 12.9. The molecule has 2 aromatic heterocycles. The lowest BCUT2D eigenvalue weighted by Crippen LogP contribution is -2.55. The molecule has 2 saturated carbocycles. The summed E-state index contributed by atoms with van der Waals surface area (Å²) in [6.07, 6.45) is 3.97. The molecule has 0 aliphatic heterocycles. The van der Waals surface area contributed by atoms with Crippen molar-refractivity contribution in [2.24, 2.45) is 5.92 Å². The Labute approximate surface area is 163 Å². The zero-order chi connectivity index (χ0) is 20.0. The molecule has 2 aliphatic carbocycles. The van der Waals surface area contributed by atoms with E-state index in [2.05, 4.69) is 20.3 Å². The lowest BCUT2D eigenvalue weighted by Gasteiger charge is -2.42. The first-order valence-corrected chi connectivity index (χ1v) is 9.92. The van der Waals surface area contributed by atoms with Crippen LogP contribution in [0.15, 0.2) is 6.07 Å². The van der Waals surface area contributed by atoms with Gasteiger partial charge in [0.05, 0.1) is 12.2 Å². The second kappa shape index (κ2) is 7.16. The van der Waals surface area contributed by atoms with Crippen molar-refractivity contribution < 1.29 is 14.7 Å². The summed E-state index contributed by atoms with van der Waals surface area (Å²) in [4.78, 5) is 30.6. The van der Waals surface area contributed by atoms with Gasteiger partial charge in [-0.2, -0.15) is 5.10 Å². The van der Waals surface area contributed by atoms with Crippen LogP contribution in [0.4, 0.5) is 0 Å². The zero-order valence-electron chi connectivity index (χ0n) is 16.6. The van der Waals surface area contributed by atoms with Crippen molar-refractivity contribution in [2.75, 3.05) is 13.1 Å². The van der Waals surface area contributed by atoms with Crippen LogP contribution < -0.4 is 5.32 Å². The highest BCUT2D eigenvalue weighted by molar-refractivity contribution is 6.01. The van der Waals surface area contributed by atoms with E-state index in [9.17, 15) is 14.7 Å². The first kappa shape index (κ1) is 18.9. The van der Waals surface area contributed by atoms with Crippen LogP contribution in [0.1, 0.15) is 53.1 Å². The normalized spacial score (nSPS) is 21.7. The lowest BCUT2D eigenvalue weighted by molar-refractivity contribution is -0.139. The predicted octanol–water partition coefficient (Wildman–Crippen LogP) is 1.71. The van der Waals surface area contributed by atoms with Crippen molar-refractivity contribution in [1.29, 1.82) is 0 Å². The van der Waals surface area contributed by atoms with Crippen molar-refractivity contribution in [3.63, 3.8) is 0 Å². The van der Waals surface area contributed by atoms with Gasteiger partial charge in [-0.05, 0) is 58.4 Å². The fraction of sp³-hybridized carbons (Fsp3) is 0.600. The molecular formula is C20H27N5O3. The van der Waals surface area contributed by atoms with E-state index in [1.807, 2.05) is 26.8 Å². The Hall–Kier alpha value is -2.48. The average Bonchev–Trinajstić information content (AvgIpc) is 3.30. The van der Waals surface area contributed by atoms with E-state index in [1.54, 1.807) is 4.52 Å². The third kappa shape index (κ3) is 3.73. The summed E-state index contributed by atoms with van der Waals surface area (Å²) in [5.74, 6) is -0.292. The highest BCUT2D eigenvalue weighted by Gasteiger charge is 2.38. The second-order valence-electron chi connectivity index (χ2n) is 8.30. The number of nitrogens with zero attached hydrogens (tertiary/aromatic N) is 4. The fourth-order valence-electron chi connectivity index (χ4n) is 4.10. The van der Waals surface area contributed by atoms with Crippen LogP contribution in [0.3, 0.4) is 0 Å². The number of carboxylic acids is 1. The number of aromatic nitrogens is 3. The van der Waals surface area contributed by atoms with Gasteiger partial charge in [-0.1, -0.05) is 0 Å². The molecule has 2 fully saturated rings. The minimum Gasteiger partial charge on any atom is -0.480 e. The predicted molar refractivity (Wildman–Crippen MR) is 103 cm³/mol. The van der Waals surface area contributed by atoms with Crippen LogP contribution >= 0.6 is 0 Å². The number of nitrogens with one attached hydrogen (secondary N) is 1. The number of hydrogen-bond donors (Lipinski definition) is 2. The highest BCUT2D eigenvalue weighted by Crippen LogP contribution is 2.34. The van der Waals surface area contributed by atoms with E-state index in [-0.39, 0.29) is 24.5 Å². The summed E-state index contributed by atoms with van der Waals surface area (Å²) < 4.78 is 1.71. The van der Waals surface area contributed by atoms with Crippen LogP contribution in [0.2, 0.25) is 0 Å². The smallest absolute Gasteiger partial charge is 0.317 e. The number of aliphatic carboxylic acids is 1. The molecule has 0 saturated heterocycles. The monoisotopic (exact) mass is 385 g/mol. The molecular weight excluding hydrogens is 358 g/mol. The van der Waals surface area contributed by atoms with Gasteiger partial charge in [0, 0.05) is 30.0 Å². The molecule has 0 atom stereocenters. The largest absolute Gasteiger partial charge is 0.480 e. The molecule has 2 heterocycles. The van der Waals surface area contributed by atoms with Crippen LogP contribution in [0.5, 0.6) is 0 Å². The van der Waals surface area contributed by atoms with Gasteiger partial charge in [0.25, 0.3) is 5.91 Å². The molecule has 2 aliphatic rings. The third-order valence-corrected chi connectivity index (χ3v) is 5.79. The van der Waals surface area contributed by atoms with Gasteiger partial charge < -0.3 is 10.4 Å². The van der Waals surface area contributed by atoms with Gasteiger partial charge in [0.15, 0.2) is 5.65 Å². The molecule has 0 aromatic carbocycles. The van der Waals surface area contributed by atoms with Gasteiger partial charge >= 0.3 is 5.97 Å². The Morgan fingerprint density at radius 2 is 2.00 bits per heavy atom. The number of rotatable bonds is 7. The van der Waals surface area contributed by atoms with Crippen molar-refractivity contribution in [1.82, 2.24) is 24.8 Å². The summed E-state index contributed by atoms with van der Waals surface area (Å²) in [7, 11) is 0. The second-order valence-corrected chi connectivity index (χ2v) is 8.30. The van der Waals surface area contributed by atoms with Gasteiger partial charge in [-0.3, -0.25) is 14.5 Å². The van der Waals surface area contributed by atoms with E-state index in [0.717, 1.165) is 30.8 Å². The summed E-state index contributed by atoms with van der Waals surface area (Å²) >= 11 is 0. The van der Waals surface area contributed by atoms with Gasteiger partial charge in [-0.15, -0.1) is 0 Å². The molecule has 2 aromatic rings. The van der Waals surface area contributed by atoms with Crippen molar-refractivity contribution in [3.8, 4) is 0 Å². The number of carboxylic acid groups (broad SMARTS) is 1. The number of aryl methyl sites for hydroxylation is 3. The van der Waals surface area contributed by atoms with E-state index < -0.39 is 5.97 Å². The summed E-state index contributed by atoms with van der Waals surface area (Å²) in [5.41, 5.74) is 3.57.